The van der Waals surface area contributed by atoms with E-state index in [0.717, 1.165) is 66.8 Å². The van der Waals surface area contributed by atoms with E-state index in [0.29, 0.717) is 5.82 Å². The number of nitrogens with two attached hydrogens (primary N) is 3. The van der Waals surface area contributed by atoms with Crippen molar-refractivity contribution in [1.29, 1.82) is 0 Å². The first kappa shape index (κ1) is 32.3. The zero-order chi connectivity index (χ0) is 34.6. The summed E-state index contributed by atoms with van der Waals surface area (Å²) in [7, 11) is 0. The monoisotopic (exact) mass is 659 g/mol. The van der Waals surface area contributed by atoms with Gasteiger partial charge in [0.05, 0.1) is 22.1 Å². The summed E-state index contributed by atoms with van der Waals surface area (Å²) in [5.41, 5.74) is 26.9. The minimum Gasteiger partial charge on any atom is -0.324 e. The SMILES string of the molecule is CC(N)c1ccc2c(c1)ncn2-c1cccc(-c2ccc(NN)nc2)c1.CC(N)c1ccc2c(c1)ncn2-c1cccc(-c2cncnc2)c1. The average molecular weight is 660 g/mol. The lowest BCUT2D eigenvalue weighted by atomic mass is 10.1. The third-order valence-corrected chi connectivity index (χ3v) is 8.58. The molecule has 4 heterocycles. The van der Waals surface area contributed by atoms with E-state index in [9.17, 15) is 0 Å². The predicted octanol–water partition coefficient (Wildman–Crippen LogP) is 6.90. The van der Waals surface area contributed by atoms with Crippen LogP contribution in [0, 0.1) is 0 Å². The highest BCUT2D eigenvalue weighted by molar-refractivity contribution is 5.80. The zero-order valence-corrected chi connectivity index (χ0v) is 27.7. The van der Waals surface area contributed by atoms with Gasteiger partial charge in [-0.15, -0.1) is 0 Å². The smallest absolute Gasteiger partial charge is 0.139 e. The third-order valence-electron chi connectivity index (χ3n) is 8.58. The summed E-state index contributed by atoms with van der Waals surface area (Å²) in [5, 5.41) is 0. The van der Waals surface area contributed by atoms with Crippen LogP contribution in [-0.2, 0) is 0 Å². The molecule has 0 aliphatic heterocycles. The maximum atomic E-state index is 5.97. The number of nitrogens with zero attached hydrogens (tertiary/aromatic N) is 7. The maximum Gasteiger partial charge on any atom is 0.139 e. The van der Waals surface area contributed by atoms with Crippen LogP contribution >= 0.6 is 0 Å². The van der Waals surface area contributed by atoms with Gasteiger partial charge in [-0.2, -0.15) is 0 Å². The number of imidazole rings is 2. The second-order valence-corrected chi connectivity index (χ2v) is 12.1. The van der Waals surface area contributed by atoms with Crippen molar-refractivity contribution in [2.45, 2.75) is 25.9 Å². The van der Waals surface area contributed by atoms with Crippen molar-refractivity contribution in [2.24, 2.45) is 17.3 Å². The van der Waals surface area contributed by atoms with Gasteiger partial charge >= 0.3 is 0 Å². The van der Waals surface area contributed by atoms with Gasteiger partial charge in [0.25, 0.3) is 0 Å². The molecule has 0 saturated heterocycles. The number of aromatic nitrogens is 7. The molecule has 2 atom stereocenters. The van der Waals surface area contributed by atoms with Gasteiger partial charge < -0.3 is 16.9 Å². The van der Waals surface area contributed by atoms with Crippen LogP contribution in [0.5, 0.6) is 0 Å². The summed E-state index contributed by atoms with van der Waals surface area (Å²) in [4.78, 5) is 21.5. The number of hydrazine groups is 1. The normalized spacial score (nSPS) is 12.3. The molecule has 248 valence electrons. The number of hydrogen-bond acceptors (Lipinski definition) is 9. The highest BCUT2D eigenvalue weighted by Crippen LogP contribution is 2.27. The lowest BCUT2D eigenvalue weighted by molar-refractivity contribution is 0.819. The number of pyridine rings is 1. The molecule has 11 heteroatoms. The van der Waals surface area contributed by atoms with Crippen molar-refractivity contribution in [3.63, 3.8) is 0 Å². The van der Waals surface area contributed by atoms with Gasteiger partial charge in [0, 0.05) is 53.2 Å². The number of hydrogen-bond donors (Lipinski definition) is 4. The van der Waals surface area contributed by atoms with Crippen molar-refractivity contribution >= 4 is 27.9 Å². The topological polar surface area (TPSA) is 164 Å². The lowest BCUT2D eigenvalue weighted by Crippen LogP contribution is -2.07. The minimum atomic E-state index is -0.00800. The Morgan fingerprint density at radius 2 is 1.10 bits per heavy atom. The average Bonchev–Trinajstić information content (AvgIpc) is 3.80. The van der Waals surface area contributed by atoms with E-state index in [4.69, 9.17) is 17.3 Å². The molecular formula is C39H37N11. The van der Waals surface area contributed by atoms with E-state index in [1.165, 1.54) is 6.33 Å². The van der Waals surface area contributed by atoms with Gasteiger partial charge in [-0.25, -0.2) is 30.8 Å². The lowest BCUT2D eigenvalue weighted by Gasteiger charge is -2.09. The summed E-state index contributed by atoms with van der Waals surface area (Å²) < 4.78 is 4.15. The highest BCUT2D eigenvalue weighted by atomic mass is 15.2. The molecule has 0 aliphatic rings. The fourth-order valence-corrected chi connectivity index (χ4v) is 5.81. The maximum absolute atomic E-state index is 5.97. The predicted molar refractivity (Wildman–Crippen MR) is 199 cm³/mol. The van der Waals surface area contributed by atoms with Gasteiger partial charge in [0.1, 0.15) is 24.8 Å². The molecule has 8 aromatic rings. The van der Waals surface area contributed by atoms with Crippen LogP contribution in [0.2, 0.25) is 0 Å². The molecule has 0 fully saturated rings. The molecule has 0 aliphatic carbocycles. The number of nitrogens with one attached hydrogen (secondary N) is 1. The number of fused-ring (bicyclic) bond motifs is 2. The Bertz CT molecular complexity index is 2380. The fraction of sp³-hybridized carbons (Fsp3) is 0.103. The Kier molecular flexibility index (Phi) is 9.08. The van der Waals surface area contributed by atoms with Crippen molar-refractivity contribution in [1.82, 2.24) is 34.1 Å². The van der Waals surface area contributed by atoms with Crippen molar-refractivity contribution in [3.8, 4) is 33.6 Å². The first-order valence-corrected chi connectivity index (χ1v) is 16.2. The van der Waals surface area contributed by atoms with E-state index < -0.39 is 0 Å². The Morgan fingerprint density at radius 1 is 0.560 bits per heavy atom. The molecule has 0 spiro atoms. The van der Waals surface area contributed by atoms with Gasteiger partial charge in [0.2, 0.25) is 0 Å². The van der Waals surface area contributed by atoms with E-state index in [-0.39, 0.29) is 12.1 Å². The van der Waals surface area contributed by atoms with Gasteiger partial charge in [0.15, 0.2) is 0 Å². The molecule has 2 unspecified atom stereocenters. The summed E-state index contributed by atoms with van der Waals surface area (Å²) in [5.74, 6) is 6.01. The van der Waals surface area contributed by atoms with Crippen LogP contribution in [0.1, 0.15) is 37.1 Å². The molecule has 0 amide bonds. The van der Waals surface area contributed by atoms with Crippen LogP contribution in [0.4, 0.5) is 5.82 Å². The van der Waals surface area contributed by atoms with E-state index in [2.05, 4.69) is 100 Å². The largest absolute Gasteiger partial charge is 0.324 e. The molecule has 8 rings (SSSR count). The van der Waals surface area contributed by atoms with E-state index >= 15 is 0 Å². The van der Waals surface area contributed by atoms with Crippen LogP contribution < -0.4 is 22.7 Å². The Hall–Kier alpha value is -6.27. The number of rotatable bonds is 7. The van der Waals surface area contributed by atoms with Gasteiger partial charge in [-0.05, 0) is 96.8 Å². The van der Waals surface area contributed by atoms with Crippen molar-refractivity contribution in [3.05, 3.63) is 146 Å². The Morgan fingerprint density at radius 3 is 1.58 bits per heavy atom. The second-order valence-electron chi connectivity index (χ2n) is 12.1. The van der Waals surface area contributed by atoms with E-state index in [1.807, 2.05) is 75.3 Å². The third kappa shape index (κ3) is 6.69. The molecule has 0 bridgehead atoms. The molecule has 50 heavy (non-hydrogen) atoms. The Labute approximate surface area is 289 Å². The number of nitrogen functional groups attached to an aromatic ring is 1. The Balaban J connectivity index is 0.000000157. The zero-order valence-electron chi connectivity index (χ0n) is 27.7. The van der Waals surface area contributed by atoms with E-state index in [1.54, 1.807) is 6.20 Å². The second kappa shape index (κ2) is 14.1. The van der Waals surface area contributed by atoms with Crippen LogP contribution in [0.25, 0.3) is 55.7 Å². The molecule has 0 saturated carbocycles. The van der Waals surface area contributed by atoms with Gasteiger partial charge in [-0.3, -0.25) is 9.13 Å². The first-order valence-electron chi connectivity index (χ1n) is 16.2. The minimum absolute atomic E-state index is 0.000888. The first-order chi connectivity index (χ1) is 24.4. The summed E-state index contributed by atoms with van der Waals surface area (Å²) >= 11 is 0. The van der Waals surface area contributed by atoms with Crippen molar-refractivity contribution in [2.75, 3.05) is 5.43 Å². The summed E-state index contributed by atoms with van der Waals surface area (Å²) in [6.07, 6.45) is 10.6. The van der Waals surface area contributed by atoms with Crippen LogP contribution in [0.3, 0.4) is 0 Å². The molecule has 7 N–H and O–H groups in total. The van der Waals surface area contributed by atoms with Crippen LogP contribution in [-0.4, -0.2) is 34.1 Å². The molecule has 0 radical (unpaired) electrons. The molecule has 4 aromatic carbocycles. The summed E-state index contributed by atoms with van der Waals surface area (Å²) in [6.45, 7) is 3.95. The number of anilines is 1. The fourth-order valence-electron chi connectivity index (χ4n) is 5.81. The number of benzene rings is 4. The summed E-state index contributed by atoms with van der Waals surface area (Å²) in [6, 6.07) is 32.7. The highest BCUT2D eigenvalue weighted by Gasteiger charge is 2.10. The quantitative estimate of drug-likeness (QED) is 0.105. The van der Waals surface area contributed by atoms with Crippen molar-refractivity contribution < 1.29 is 0 Å². The molecular weight excluding hydrogens is 623 g/mol. The van der Waals surface area contributed by atoms with Crippen LogP contribution in [0.15, 0.2) is 135 Å². The van der Waals surface area contributed by atoms with Gasteiger partial charge in [-0.1, -0.05) is 36.4 Å². The standard InChI is InChI=1S/C20H20N6.C19H17N5/c1-13(21)14-5-7-19-18(10-14)24-12-26(19)17-4-2-3-15(9-17)16-6-8-20(25-22)23-11-16;1-13(20)14-5-6-19-18(8-14)23-12-24(19)17-4-2-3-15(7-17)16-9-21-11-22-10-16/h2-13H,21-22H2,1H3,(H,23,25);2-13H,20H2,1H3. The molecule has 11 nitrogen and oxygen atoms in total. The molecule has 4 aromatic heterocycles.